The molecule has 3 fully saturated rings. The summed E-state index contributed by atoms with van der Waals surface area (Å²) in [4.78, 5) is 16.6. The first-order valence-corrected chi connectivity index (χ1v) is 9.43. The number of aliphatic hydroxyl groups excluding tert-OH is 1. The lowest BCUT2D eigenvalue weighted by Gasteiger charge is -2.55. The third kappa shape index (κ3) is 3.09. The van der Waals surface area contributed by atoms with Crippen LogP contribution in [0, 0.1) is 11.8 Å². The normalized spacial score (nSPS) is 33.1. The highest BCUT2D eigenvalue weighted by atomic mass is 16.3. The van der Waals surface area contributed by atoms with Crippen molar-refractivity contribution >= 4 is 5.91 Å². The van der Waals surface area contributed by atoms with Gasteiger partial charge in [0.25, 0.3) is 0 Å². The van der Waals surface area contributed by atoms with Gasteiger partial charge in [-0.2, -0.15) is 0 Å². The molecule has 4 nitrogen and oxygen atoms in total. The second-order valence-corrected chi connectivity index (χ2v) is 7.86. The molecule has 0 radical (unpaired) electrons. The summed E-state index contributed by atoms with van der Waals surface area (Å²) in [5, 5.41) is 9.19. The Bertz CT molecular complexity index is 576. The molecule has 1 aromatic rings. The molecule has 3 saturated heterocycles. The zero-order valence-electron chi connectivity index (χ0n) is 14.3. The fraction of sp³-hybridized carbons (Fsp3) is 0.650. The van der Waals surface area contributed by atoms with Gasteiger partial charge in [-0.3, -0.25) is 9.69 Å². The van der Waals surface area contributed by atoms with Gasteiger partial charge in [-0.25, -0.2) is 0 Å². The Labute approximate surface area is 144 Å². The SMILES string of the molecule is O=C(CO)N1C[C@@H]2C[C@H](C1)[C@@H]1CCC[C@H](Cc3ccccc3)N1C2. The Balaban J connectivity index is 1.48. The molecule has 1 aromatic carbocycles. The lowest BCUT2D eigenvalue weighted by molar-refractivity contribution is -0.141. The van der Waals surface area contributed by atoms with Crippen LogP contribution < -0.4 is 0 Å². The second kappa shape index (κ2) is 6.85. The third-order valence-electron chi connectivity index (χ3n) is 6.32. The van der Waals surface area contributed by atoms with Gasteiger partial charge in [0.1, 0.15) is 6.61 Å². The van der Waals surface area contributed by atoms with Crippen LogP contribution in [0.2, 0.25) is 0 Å². The Kier molecular flexibility index (Phi) is 4.59. The van der Waals surface area contributed by atoms with E-state index in [2.05, 4.69) is 35.2 Å². The number of carbonyl (C=O) groups is 1. The number of benzene rings is 1. The molecule has 0 aromatic heterocycles. The summed E-state index contributed by atoms with van der Waals surface area (Å²) in [6, 6.07) is 12.1. The highest BCUT2D eigenvalue weighted by molar-refractivity contribution is 5.77. The van der Waals surface area contributed by atoms with Crippen molar-refractivity contribution in [1.82, 2.24) is 9.80 Å². The highest BCUT2D eigenvalue weighted by Gasteiger charge is 2.45. The summed E-state index contributed by atoms with van der Waals surface area (Å²) in [7, 11) is 0. The van der Waals surface area contributed by atoms with Gasteiger partial charge in [-0.1, -0.05) is 36.8 Å². The molecule has 24 heavy (non-hydrogen) atoms. The molecular weight excluding hydrogens is 300 g/mol. The van der Waals surface area contributed by atoms with Crippen LogP contribution in [0.1, 0.15) is 31.2 Å². The average molecular weight is 328 g/mol. The summed E-state index contributed by atoms with van der Waals surface area (Å²) >= 11 is 0. The van der Waals surface area contributed by atoms with Crippen LogP contribution in [-0.2, 0) is 11.2 Å². The van der Waals surface area contributed by atoms with Crippen LogP contribution in [0.3, 0.4) is 0 Å². The molecule has 1 amide bonds. The van der Waals surface area contributed by atoms with Gasteiger partial charge >= 0.3 is 0 Å². The van der Waals surface area contributed by atoms with Crippen LogP contribution in [0.15, 0.2) is 30.3 Å². The largest absolute Gasteiger partial charge is 0.387 e. The summed E-state index contributed by atoms with van der Waals surface area (Å²) in [5.41, 5.74) is 1.44. The van der Waals surface area contributed by atoms with E-state index >= 15 is 0 Å². The van der Waals surface area contributed by atoms with E-state index in [0.29, 0.717) is 23.9 Å². The first-order chi connectivity index (χ1) is 11.7. The minimum Gasteiger partial charge on any atom is -0.387 e. The van der Waals surface area contributed by atoms with Crippen LogP contribution in [0.4, 0.5) is 0 Å². The number of nitrogens with zero attached hydrogens (tertiary/aromatic N) is 2. The molecule has 0 saturated carbocycles. The predicted molar refractivity (Wildman–Crippen MR) is 93.5 cm³/mol. The van der Waals surface area contributed by atoms with Crippen LogP contribution in [0.25, 0.3) is 0 Å². The molecule has 3 heterocycles. The second-order valence-electron chi connectivity index (χ2n) is 7.86. The third-order valence-corrected chi connectivity index (χ3v) is 6.32. The van der Waals surface area contributed by atoms with E-state index in [9.17, 15) is 9.90 Å². The van der Waals surface area contributed by atoms with E-state index in [0.717, 1.165) is 26.1 Å². The van der Waals surface area contributed by atoms with Crippen molar-refractivity contribution in [1.29, 1.82) is 0 Å². The molecule has 130 valence electrons. The van der Waals surface area contributed by atoms with E-state index in [1.807, 2.05) is 4.90 Å². The van der Waals surface area contributed by atoms with Crippen molar-refractivity contribution in [2.45, 2.75) is 44.2 Å². The first kappa shape index (κ1) is 16.1. The van der Waals surface area contributed by atoms with Gasteiger partial charge in [0, 0.05) is 31.7 Å². The minimum atomic E-state index is -0.343. The predicted octanol–water partition coefficient (Wildman–Crippen LogP) is 1.92. The number of aliphatic hydroxyl groups is 1. The molecule has 4 heteroatoms. The van der Waals surface area contributed by atoms with Gasteiger partial charge in [-0.05, 0) is 43.1 Å². The van der Waals surface area contributed by atoms with Crippen molar-refractivity contribution < 1.29 is 9.90 Å². The summed E-state index contributed by atoms with van der Waals surface area (Å²) in [6.07, 6.45) is 6.27. The molecule has 4 atom stereocenters. The number of carbonyl (C=O) groups excluding carboxylic acids is 1. The van der Waals surface area contributed by atoms with E-state index in [1.165, 1.54) is 31.2 Å². The number of hydrogen-bond acceptors (Lipinski definition) is 3. The summed E-state index contributed by atoms with van der Waals surface area (Å²) in [6.45, 7) is 2.45. The molecule has 3 aliphatic heterocycles. The number of likely N-dealkylation sites (tertiary alicyclic amines) is 1. The zero-order valence-corrected chi connectivity index (χ0v) is 14.3. The Hall–Kier alpha value is -1.39. The Morgan fingerprint density at radius 3 is 2.75 bits per heavy atom. The van der Waals surface area contributed by atoms with Gasteiger partial charge in [-0.15, -0.1) is 0 Å². The lowest BCUT2D eigenvalue weighted by atomic mass is 9.74. The molecule has 0 aliphatic carbocycles. The van der Waals surface area contributed by atoms with E-state index in [4.69, 9.17) is 0 Å². The number of amides is 1. The molecule has 1 N–H and O–H groups in total. The monoisotopic (exact) mass is 328 g/mol. The van der Waals surface area contributed by atoms with Crippen LogP contribution in [-0.4, -0.2) is 59.1 Å². The topological polar surface area (TPSA) is 43.8 Å². The number of rotatable bonds is 3. The Morgan fingerprint density at radius 1 is 1.12 bits per heavy atom. The quantitative estimate of drug-likeness (QED) is 0.922. The van der Waals surface area contributed by atoms with E-state index in [-0.39, 0.29) is 12.5 Å². The summed E-state index contributed by atoms with van der Waals surface area (Å²) in [5.74, 6) is 1.08. The number of fused-ring (bicyclic) bond motifs is 4. The zero-order chi connectivity index (χ0) is 16.5. The van der Waals surface area contributed by atoms with Crippen molar-refractivity contribution in [2.24, 2.45) is 11.8 Å². The van der Waals surface area contributed by atoms with Crippen molar-refractivity contribution in [2.75, 3.05) is 26.2 Å². The fourth-order valence-corrected chi connectivity index (χ4v) is 5.32. The molecule has 0 spiro atoms. The lowest BCUT2D eigenvalue weighted by Crippen LogP contribution is -2.62. The molecule has 4 rings (SSSR count). The maximum absolute atomic E-state index is 11.9. The first-order valence-electron chi connectivity index (χ1n) is 9.43. The fourth-order valence-electron chi connectivity index (χ4n) is 5.32. The average Bonchev–Trinajstić information content (AvgIpc) is 2.62. The molecule has 2 bridgehead atoms. The van der Waals surface area contributed by atoms with Crippen LogP contribution >= 0.6 is 0 Å². The minimum absolute atomic E-state index is 0.0882. The van der Waals surface area contributed by atoms with Gasteiger partial charge in [0.2, 0.25) is 5.91 Å². The Morgan fingerprint density at radius 2 is 1.96 bits per heavy atom. The summed E-state index contributed by atoms with van der Waals surface area (Å²) < 4.78 is 0. The number of piperidine rings is 3. The van der Waals surface area contributed by atoms with Crippen molar-refractivity contribution in [3.63, 3.8) is 0 Å². The highest BCUT2D eigenvalue weighted by Crippen LogP contribution is 2.40. The maximum Gasteiger partial charge on any atom is 0.248 e. The van der Waals surface area contributed by atoms with E-state index in [1.54, 1.807) is 0 Å². The van der Waals surface area contributed by atoms with Crippen molar-refractivity contribution in [3.05, 3.63) is 35.9 Å². The van der Waals surface area contributed by atoms with Gasteiger partial charge in [0.05, 0.1) is 0 Å². The molecule has 0 unspecified atom stereocenters. The van der Waals surface area contributed by atoms with Crippen molar-refractivity contribution in [3.8, 4) is 0 Å². The smallest absolute Gasteiger partial charge is 0.248 e. The maximum atomic E-state index is 11.9. The van der Waals surface area contributed by atoms with Gasteiger partial charge in [0.15, 0.2) is 0 Å². The molecular formula is C20H28N2O2. The standard InChI is InChI=1S/C20H28N2O2/c23-14-20(24)21-11-16-9-17(13-21)19-8-4-7-18(22(19)12-16)10-15-5-2-1-3-6-15/h1-3,5-6,16-19,23H,4,7-14H2/t16-,17+,18+,19-/m0/s1. The molecule has 3 aliphatic rings. The number of hydrogen-bond donors (Lipinski definition) is 1. The van der Waals surface area contributed by atoms with E-state index < -0.39 is 0 Å². The van der Waals surface area contributed by atoms with Gasteiger partial charge < -0.3 is 10.0 Å². The van der Waals surface area contributed by atoms with Crippen LogP contribution in [0.5, 0.6) is 0 Å².